The lowest BCUT2D eigenvalue weighted by atomic mass is 10.2. The molecule has 3 rings (SSSR count). The molecule has 7 heteroatoms. The number of aromatic nitrogens is 4. The quantitative estimate of drug-likeness (QED) is 0.745. The Kier molecular flexibility index (Phi) is 3.77. The molecular formula is C16H16FN5O. The van der Waals surface area contributed by atoms with Crippen molar-refractivity contribution in [3.05, 3.63) is 53.4 Å². The van der Waals surface area contributed by atoms with Gasteiger partial charge in [-0.3, -0.25) is 4.79 Å². The summed E-state index contributed by atoms with van der Waals surface area (Å²) in [7, 11) is 0. The van der Waals surface area contributed by atoms with Crippen LogP contribution in [0, 0.1) is 19.7 Å². The Morgan fingerprint density at radius 3 is 2.57 bits per heavy atom. The first kappa shape index (κ1) is 15.1. The van der Waals surface area contributed by atoms with Gasteiger partial charge >= 0.3 is 0 Å². The van der Waals surface area contributed by atoms with Crippen molar-refractivity contribution in [2.75, 3.05) is 11.4 Å². The molecule has 6 nitrogen and oxygen atoms in total. The van der Waals surface area contributed by atoms with Crippen LogP contribution in [-0.2, 0) is 0 Å². The van der Waals surface area contributed by atoms with E-state index in [9.17, 15) is 9.18 Å². The molecule has 0 aliphatic heterocycles. The summed E-state index contributed by atoms with van der Waals surface area (Å²) in [6, 6.07) is 7.61. The van der Waals surface area contributed by atoms with Gasteiger partial charge in [0.05, 0.1) is 0 Å². The molecule has 0 fully saturated rings. The molecule has 0 atom stereocenters. The van der Waals surface area contributed by atoms with Gasteiger partial charge in [0.2, 0.25) is 5.82 Å². The number of carbonyl (C=O) groups excluding carboxylic acids is 1. The predicted octanol–water partition coefficient (Wildman–Crippen LogP) is 2.55. The van der Waals surface area contributed by atoms with Gasteiger partial charge < -0.3 is 4.90 Å². The van der Waals surface area contributed by atoms with Gasteiger partial charge in [0.1, 0.15) is 5.82 Å². The molecule has 3 aromatic rings. The Labute approximate surface area is 132 Å². The van der Waals surface area contributed by atoms with Crippen LogP contribution < -0.4 is 4.90 Å². The highest BCUT2D eigenvalue weighted by Crippen LogP contribution is 2.17. The first-order chi connectivity index (χ1) is 11.0. The van der Waals surface area contributed by atoms with E-state index in [1.54, 1.807) is 16.6 Å². The number of hydrogen-bond donors (Lipinski definition) is 0. The summed E-state index contributed by atoms with van der Waals surface area (Å²) in [4.78, 5) is 22.7. The molecule has 118 valence electrons. The number of amides is 1. The maximum Gasteiger partial charge on any atom is 0.298 e. The molecule has 0 saturated heterocycles. The lowest BCUT2D eigenvalue weighted by molar-refractivity contribution is 0.0978. The third-order valence-corrected chi connectivity index (χ3v) is 3.51. The SMILES string of the molecule is CCN(C(=O)c1nc2nc(C)cc(C)n2n1)c1ccc(F)cc1. The molecule has 0 N–H and O–H groups in total. The summed E-state index contributed by atoms with van der Waals surface area (Å²) in [6.07, 6.45) is 0. The number of benzene rings is 1. The number of carbonyl (C=O) groups is 1. The van der Waals surface area contributed by atoms with Gasteiger partial charge in [-0.1, -0.05) is 0 Å². The van der Waals surface area contributed by atoms with Crippen molar-refractivity contribution in [1.82, 2.24) is 19.6 Å². The van der Waals surface area contributed by atoms with Gasteiger partial charge in [-0.2, -0.15) is 4.98 Å². The lowest BCUT2D eigenvalue weighted by Crippen LogP contribution is -2.31. The van der Waals surface area contributed by atoms with Crippen LogP contribution in [0.2, 0.25) is 0 Å². The number of fused-ring (bicyclic) bond motifs is 1. The molecule has 0 spiro atoms. The van der Waals surface area contributed by atoms with Gasteiger partial charge in [0, 0.05) is 23.6 Å². The lowest BCUT2D eigenvalue weighted by Gasteiger charge is -2.19. The van der Waals surface area contributed by atoms with Gasteiger partial charge in [-0.15, -0.1) is 5.10 Å². The number of hydrogen-bond acceptors (Lipinski definition) is 4. The van der Waals surface area contributed by atoms with Crippen LogP contribution in [-0.4, -0.2) is 32.0 Å². The van der Waals surface area contributed by atoms with E-state index in [0.29, 0.717) is 18.0 Å². The minimum absolute atomic E-state index is 0.0670. The van der Waals surface area contributed by atoms with Crippen LogP contribution in [0.1, 0.15) is 28.9 Å². The Morgan fingerprint density at radius 2 is 1.91 bits per heavy atom. The molecule has 1 amide bonds. The Balaban J connectivity index is 2.01. The normalized spacial score (nSPS) is 11.0. The zero-order valence-corrected chi connectivity index (χ0v) is 13.1. The van der Waals surface area contributed by atoms with E-state index >= 15 is 0 Å². The summed E-state index contributed by atoms with van der Waals surface area (Å²) in [6.45, 7) is 6.00. The highest BCUT2D eigenvalue weighted by molar-refractivity contribution is 6.03. The fourth-order valence-corrected chi connectivity index (χ4v) is 2.44. The average molecular weight is 313 g/mol. The summed E-state index contributed by atoms with van der Waals surface area (Å²) in [5.41, 5.74) is 2.26. The molecule has 0 radical (unpaired) electrons. The van der Waals surface area contributed by atoms with Crippen LogP contribution in [0.5, 0.6) is 0 Å². The molecule has 0 saturated carbocycles. The van der Waals surface area contributed by atoms with Crippen LogP contribution in [0.4, 0.5) is 10.1 Å². The van der Waals surface area contributed by atoms with E-state index in [4.69, 9.17) is 0 Å². The van der Waals surface area contributed by atoms with Crippen LogP contribution in [0.25, 0.3) is 5.78 Å². The Bertz CT molecular complexity index is 872. The van der Waals surface area contributed by atoms with E-state index in [1.807, 2.05) is 26.8 Å². The van der Waals surface area contributed by atoms with Crippen molar-refractivity contribution >= 4 is 17.4 Å². The Hall–Kier alpha value is -2.83. The van der Waals surface area contributed by atoms with Crippen molar-refractivity contribution in [3.8, 4) is 0 Å². The molecule has 0 aliphatic rings. The van der Waals surface area contributed by atoms with E-state index in [1.165, 1.54) is 17.0 Å². The monoisotopic (exact) mass is 313 g/mol. The van der Waals surface area contributed by atoms with Gasteiger partial charge in [-0.05, 0) is 51.1 Å². The van der Waals surface area contributed by atoms with Gasteiger partial charge in [0.25, 0.3) is 11.7 Å². The molecule has 0 unspecified atom stereocenters. The zero-order chi connectivity index (χ0) is 16.6. The minimum atomic E-state index is -0.349. The fourth-order valence-electron chi connectivity index (χ4n) is 2.44. The topological polar surface area (TPSA) is 63.4 Å². The van der Waals surface area contributed by atoms with Crippen molar-refractivity contribution < 1.29 is 9.18 Å². The van der Waals surface area contributed by atoms with E-state index < -0.39 is 0 Å². The standard InChI is InChI=1S/C16H16FN5O/c1-4-21(13-7-5-12(17)6-8-13)15(23)14-19-16-18-10(2)9-11(3)22(16)20-14/h5-9H,4H2,1-3H3. The molecule has 2 aromatic heterocycles. The highest BCUT2D eigenvalue weighted by Gasteiger charge is 2.21. The summed E-state index contributed by atoms with van der Waals surface area (Å²) >= 11 is 0. The number of halogens is 1. The van der Waals surface area contributed by atoms with Crippen molar-refractivity contribution in [2.45, 2.75) is 20.8 Å². The van der Waals surface area contributed by atoms with Crippen molar-refractivity contribution in [2.24, 2.45) is 0 Å². The summed E-state index contributed by atoms with van der Waals surface area (Å²) in [5, 5.41) is 4.24. The van der Waals surface area contributed by atoms with Gasteiger partial charge in [-0.25, -0.2) is 13.9 Å². The first-order valence-corrected chi connectivity index (χ1v) is 7.28. The average Bonchev–Trinajstić information content (AvgIpc) is 2.94. The number of aryl methyl sites for hydroxylation is 2. The van der Waals surface area contributed by atoms with Gasteiger partial charge in [0.15, 0.2) is 0 Å². The number of nitrogens with zero attached hydrogens (tertiary/aromatic N) is 5. The molecule has 0 bridgehead atoms. The van der Waals surface area contributed by atoms with Crippen molar-refractivity contribution in [3.63, 3.8) is 0 Å². The number of rotatable bonds is 3. The maximum absolute atomic E-state index is 13.1. The largest absolute Gasteiger partial charge is 0.306 e. The highest BCUT2D eigenvalue weighted by atomic mass is 19.1. The van der Waals surface area contributed by atoms with Crippen molar-refractivity contribution in [1.29, 1.82) is 0 Å². The molecule has 1 aromatic carbocycles. The fraction of sp³-hybridized carbons (Fsp3) is 0.250. The van der Waals surface area contributed by atoms with E-state index in [2.05, 4.69) is 15.1 Å². The summed E-state index contributed by atoms with van der Waals surface area (Å²) in [5.74, 6) is -0.238. The molecule has 0 aliphatic carbocycles. The maximum atomic E-state index is 13.1. The van der Waals surface area contributed by atoms with Crippen LogP contribution in [0.15, 0.2) is 30.3 Å². The van der Waals surface area contributed by atoms with Crippen LogP contribution >= 0.6 is 0 Å². The summed E-state index contributed by atoms with van der Waals surface area (Å²) < 4.78 is 14.6. The smallest absolute Gasteiger partial charge is 0.298 e. The third kappa shape index (κ3) is 2.77. The second-order valence-corrected chi connectivity index (χ2v) is 5.21. The van der Waals surface area contributed by atoms with E-state index in [0.717, 1.165) is 11.4 Å². The Morgan fingerprint density at radius 1 is 1.22 bits per heavy atom. The van der Waals surface area contributed by atoms with E-state index in [-0.39, 0.29) is 17.5 Å². The molecular weight excluding hydrogens is 297 g/mol. The second kappa shape index (κ2) is 5.75. The van der Waals surface area contributed by atoms with Crippen LogP contribution in [0.3, 0.4) is 0 Å². The molecule has 23 heavy (non-hydrogen) atoms. The molecule has 2 heterocycles. The second-order valence-electron chi connectivity index (χ2n) is 5.21. The number of anilines is 1. The predicted molar refractivity (Wildman–Crippen MR) is 84.0 cm³/mol. The first-order valence-electron chi connectivity index (χ1n) is 7.28. The third-order valence-electron chi connectivity index (χ3n) is 3.51. The zero-order valence-electron chi connectivity index (χ0n) is 13.1. The minimum Gasteiger partial charge on any atom is -0.306 e.